The Kier molecular flexibility index (Phi) is 5.49. The lowest BCUT2D eigenvalue weighted by molar-refractivity contribution is 0.0584. The molecule has 1 fully saturated rings. The van der Waals surface area contributed by atoms with Crippen LogP contribution in [0.4, 0.5) is 0 Å². The van der Waals surface area contributed by atoms with Crippen molar-refractivity contribution in [3.8, 4) is 5.19 Å². The number of nitrogens with zero attached hydrogens (tertiary/aromatic N) is 2. The van der Waals surface area contributed by atoms with E-state index in [4.69, 9.17) is 4.74 Å². The van der Waals surface area contributed by atoms with Crippen molar-refractivity contribution in [3.05, 3.63) is 59.2 Å². The minimum Gasteiger partial charge on any atom is -0.467 e. The summed E-state index contributed by atoms with van der Waals surface area (Å²) in [6.45, 7) is 3.31. The van der Waals surface area contributed by atoms with E-state index in [0.29, 0.717) is 29.4 Å². The summed E-state index contributed by atoms with van der Waals surface area (Å²) in [4.78, 5) is 30.7. The van der Waals surface area contributed by atoms with Crippen LogP contribution in [0.5, 0.6) is 5.19 Å². The van der Waals surface area contributed by atoms with E-state index in [1.807, 2.05) is 24.0 Å². The number of aromatic nitrogens is 1. The van der Waals surface area contributed by atoms with Crippen LogP contribution in [0.1, 0.15) is 39.1 Å². The molecule has 150 valence electrons. The molecule has 0 atom stereocenters. The van der Waals surface area contributed by atoms with Crippen molar-refractivity contribution in [2.24, 2.45) is 0 Å². The number of fused-ring (bicyclic) bond motifs is 1. The monoisotopic (exact) mass is 410 g/mol. The summed E-state index contributed by atoms with van der Waals surface area (Å²) >= 11 is 1.56. The Hall–Kier alpha value is -2.93. The number of esters is 1. The molecule has 2 aromatic carbocycles. The summed E-state index contributed by atoms with van der Waals surface area (Å²) in [6, 6.07) is 12.7. The molecule has 29 heavy (non-hydrogen) atoms. The van der Waals surface area contributed by atoms with Crippen molar-refractivity contribution in [3.63, 3.8) is 0 Å². The summed E-state index contributed by atoms with van der Waals surface area (Å²) in [6.07, 6.45) is 1.59. The maximum absolute atomic E-state index is 12.7. The number of hydrogen-bond acceptors (Lipinski definition) is 6. The molecule has 1 saturated heterocycles. The minimum atomic E-state index is -0.410. The van der Waals surface area contributed by atoms with Gasteiger partial charge in [-0.05, 0) is 42.8 Å². The highest BCUT2D eigenvalue weighted by molar-refractivity contribution is 7.20. The second-order valence-electron chi connectivity index (χ2n) is 7.08. The lowest BCUT2D eigenvalue weighted by Crippen LogP contribution is -2.41. The van der Waals surface area contributed by atoms with Crippen LogP contribution in [0.15, 0.2) is 42.5 Å². The Morgan fingerprint density at radius 2 is 1.76 bits per heavy atom. The van der Waals surface area contributed by atoms with E-state index in [-0.39, 0.29) is 12.0 Å². The normalized spacial score (nSPS) is 14.8. The molecule has 0 N–H and O–H groups in total. The molecule has 1 amide bonds. The topological polar surface area (TPSA) is 68.7 Å². The molecular weight excluding hydrogens is 388 g/mol. The van der Waals surface area contributed by atoms with Crippen LogP contribution in [0.25, 0.3) is 10.2 Å². The summed E-state index contributed by atoms with van der Waals surface area (Å²) in [7, 11) is 1.34. The highest BCUT2D eigenvalue weighted by Crippen LogP contribution is 2.31. The molecule has 0 saturated carbocycles. The predicted molar refractivity (Wildman–Crippen MR) is 112 cm³/mol. The number of hydrogen-bond donors (Lipinski definition) is 0. The summed E-state index contributed by atoms with van der Waals surface area (Å²) in [5, 5.41) is 0.692. The molecule has 2 heterocycles. The van der Waals surface area contributed by atoms with Gasteiger partial charge in [-0.25, -0.2) is 9.78 Å². The Morgan fingerprint density at radius 3 is 2.41 bits per heavy atom. The number of para-hydroxylation sites is 1. The van der Waals surface area contributed by atoms with Gasteiger partial charge < -0.3 is 14.4 Å². The van der Waals surface area contributed by atoms with Crippen LogP contribution in [0.2, 0.25) is 0 Å². The van der Waals surface area contributed by atoms with E-state index in [2.05, 4.69) is 15.8 Å². The van der Waals surface area contributed by atoms with Crippen LogP contribution < -0.4 is 4.74 Å². The maximum atomic E-state index is 12.7. The number of likely N-dealkylation sites (tertiary alicyclic amines) is 1. The van der Waals surface area contributed by atoms with Gasteiger partial charge in [0.2, 0.25) is 0 Å². The van der Waals surface area contributed by atoms with E-state index in [9.17, 15) is 9.59 Å². The Bertz CT molecular complexity index is 1040. The minimum absolute atomic E-state index is 0.0320. The van der Waals surface area contributed by atoms with Crippen molar-refractivity contribution < 1.29 is 19.1 Å². The number of rotatable bonds is 4. The second kappa shape index (κ2) is 8.21. The van der Waals surface area contributed by atoms with Gasteiger partial charge in [-0.15, -0.1) is 0 Å². The van der Waals surface area contributed by atoms with E-state index in [1.165, 1.54) is 7.11 Å². The molecule has 3 aromatic rings. The third kappa shape index (κ3) is 4.10. The highest BCUT2D eigenvalue weighted by Gasteiger charge is 2.25. The Balaban J connectivity index is 1.35. The first kappa shape index (κ1) is 19.4. The van der Waals surface area contributed by atoms with Crippen molar-refractivity contribution in [1.82, 2.24) is 9.88 Å². The van der Waals surface area contributed by atoms with Gasteiger partial charge in [0.05, 0.1) is 22.9 Å². The quantitative estimate of drug-likeness (QED) is 0.607. The first-order valence-corrected chi connectivity index (χ1v) is 10.4. The largest absolute Gasteiger partial charge is 0.467 e. The van der Waals surface area contributed by atoms with Crippen molar-refractivity contribution in [2.75, 3.05) is 20.2 Å². The summed E-state index contributed by atoms with van der Waals surface area (Å²) in [5.41, 5.74) is 3.14. The number of aryl methyl sites for hydroxylation is 1. The number of methoxy groups -OCH3 is 1. The standard InChI is InChI=1S/C22H22N2O4S/c1-14-4-3-5-18-19(14)23-22(29-18)28-17-10-12-24(13-11-17)20(25)15-6-8-16(9-7-15)21(26)27-2/h3-9,17H,10-13H2,1-2H3. The van der Waals surface area contributed by atoms with Gasteiger partial charge in [-0.3, -0.25) is 4.79 Å². The lowest BCUT2D eigenvalue weighted by atomic mass is 10.1. The maximum Gasteiger partial charge on any atom is 0.337 e. The number of thiazole rings is 1. The third-order valence-corrected chi connectivity index (χ3v) is 6.06. The van der Waals surface area contributed by atoms with Gasteiger partial charge in [-0.2, -0.15) is 0 Å². The van der Waals surface area contributed by atoms with Gasteiger partial charge >= 0.3 is 5.97 Å². The fourth-order valence-corrected chi connectivity index (χ4v) is 4.44. The molecule has 7 heteroatoms. The molecule has 0 radical (unpaired) electrons. The average Bonchev–Trinajstić information content (AvgIpc) is 3.17. The fraction of sp³-hybridized carbons (Fsp3) is 0.318. The lowest BCUT2D eigenvalue weighted by Gasteiger charge is -2.31. The number of ether oxygens (including phenoxy) is 2. The first-order chi connectivity index (χ1) is 14.0. The smallest absolute Gasteiger partial charge is 0.337 e. The Labute approximate surface area is 173 Å². The van der Waals surface area contributed by atoms with Crippen molar-refractivity contribution in [2.45, 2.75) is 25.9 Å². The number of benzene rings is 2. The number of amides is 1. The predicted octanol–water partition coefficient (Wildman–Crippen LogP) is 4.07. The van der Waals surface area contributed by atoms with E-state index >= 15 is 0 Å². The zero-order valence-corrected chi connectivity index (χ0v) is 17.2. The molecule has 1 aromatic heterocycles. The van der Waals surface area contributed by atoms with Gasteiger partial charge in [0, 0.05) is 31.5 Å². The third-order valence-electron chi connectivity index (χ3n) is 5.15. The van der Waals surface area contributed by atoms with Gasteiger partial charge in [0.15, 0.2) is 0 Å². The number of carbonyl (C=O) groups is 2. The van der Waals surface area contributed by atoms with E-state index in [0.717, 1.165) is 28.6 Å². The molecule has 4 rings (SSSR count). The number of piperidine rings is 1. The van der Waals surface area contributed by atoms with Gasteiger partial charge in [0.25, 0.3) is 11.1 Å². The van der Waals surface area contributed by atoms with Crippen LogP contribution in [0, 0.1) is 6.92 Å². The van der Waals surface area contributed by atoms with Crippen LogP contribution >= 0.6 is 11.3 Å². The molecule has 0 spiro atoms. The van der Waals surface area contributed by atoms with Crippen LogP contribution in [-0.2, 0) is 4.74 Å². The molecule has 0 bridgehead atoms. The van der Waals surface area contributed by atoms with Gasteiger partial charge in [-0.1, -0.05) is 23.5 Å². The Morgan fingerprint density at radius 1 is 1.07 bits per heavy atom. The second-order valence-corrected chi connectivity index (χ2v) is 8.07. The number of carbonyl (C=O) groups excluding carboxylic acids is 2. The average molecular weight is 410 g/mol. The fourth-order valence-electron chi connectivity index (χ4n) is 3.48. The molecule has 0 aliphatic carbocycles. The van der Waals surface area contributed by atoms with E-state index < -0.39 is 5.97 Å². The molecule has 6 nitrogen and oxygen atoms in total. The molecule has 1 aliphatic rings. The zero-order chi connectivity index (χ0) is 20.4. The summed E-state index contributed by atoms with van der Waals surface area (Å²) in [5.74, 6) is -0.442. The zero-order valence-electron chi connectivity index (χ0n) is 16.4. The van der Waals surface area contributed by atoms with Crippen molar-refractivity contribution >= 4 is 33.4 Å². The molecular formula is C22H22N2O4S. The summed E-state index contributed by atoms with van der Waals surface area (Å²) < 4.78 is 11.9. The van der Waals surface area contributed by atoms with Gasteiger partial charge in [0.1, 0.15) is 6.10 Å². The molecule has 1 aliphatic heterocycles. The SMILES string of the molecule is COC(=O)c1ccc(C(=O)N2CCC(Oc3nc4c(C)cccc4s3)CC2)cc1. The van der Waals surface area contributed by atoms with E-state index in [1.54, 1.807) is 35.6 Å². The van der Waals surface area contributed by atoms with Crippen LogP contribution in [0.3, 0.4) is 0 Å². The molecule has 0 unspecified atom stereocenters. The highest BCUT2D eigenvalue weighted by atomic mass is 32.1. The first-order valence-electron chi connectivity index (χ1n) is 9.55. The van der Waals surface area contributed by atoms with Crippen molar-refractivity contribution in [1.29, 1.82) is 0 Å². The van der Waals surface area contributed by atoms with Crippen LogP contribution in [-0.4, -0.2) is 48.1 Å².